The average molecular weight is 452 g/mol. The summed E-state index contributed by atoms with van der Waals surface area (Å²) in [5.74, 6) is 1.64. The minimum Gasteiger partial charge on any atom is -0.342 e. The summed E-state index contributed by atoms with van der Waals surface area (Å²) in [6.45, 7) is 6.48. The summed E-state index contributed by atoms with van der Waals surface area (Å²) < 4.78 is 27.9. The van der Waals surface area contributed by atoms with Crippen molar-refractivity contribution in [1.29, 1.82) is 0 Å². The molecule has 1 aliphatic heterocycles. The van der Waals surface area contributed by atoms with Crippen molar-refractivity contribution < 1.29 is 13.2 Å². The SMILES string of the molecule is CCn1c(CN(c2ccccc2)S(C)(=O)=O)nnc1SCC(=O)N1CCC(C)CC1. The lowest BCUT2D eigenvalue weighted by Crippen LogP contribution is -2.38. The van der Waals surface area contributed by atoms with Crippen molar-refractivity contribution in [3.8, 4) is 0 Å². The summed E-state index contributed by atoms with van der Waals surface area (Å²) in [5, 5.41) is 9.09. The monoisotopic (exact) mass is 451 g/mol. The third-order valence-electron chi connectivity index (χ3n) is 5.30. The molecular weight excluding hydrogens is 422 g/mol. The van der Waals surface area contributed by atoms with Gasteiger partial charge in [-0.25, -0.2) is 8.42 Å². The van der Waals surface area contributed by atoms with E-state index in [0.717, 1.165) is 25.9 Å². The molecule has 0 atom stereocenters. The van der Waals surface area contributed by atoms with Crippen LogP contribution in [0.25, 0.3) is 0 Å². The minimum absolute atomic E-state index is 0.0855. The fraction of sp³-hybridized carbons (Fsp3) is 0.550. The van der Waals surface area contributed by atoms with Gasteiger partial charge in [-0.1, -0.05) is 36.9 Å². The fourth-order valence-electron chi connectivity index (χ4n) is 3.46. The van der Waals surface area contributed by atoms with Gasteiger partial charge in [0, 0.05) is 19.6 Å². The number of carbonyl (C=O) groups excluding carboxylic acids is 1. The van der Waals surface area contributed by atoms with Crippen LogP contribution in [0.15, 0.2) is 35.5 Å². The van der Waals surface area contributed by atoms with E-state index in [1.165, 1.54) is 22.3 Å². The number of carbonyl (C=O) groups is 1. The Morgan fingerprint density at radius 1 is 1.20 bits per heavy atom. The number of likely N-dealkylation sites (tertiary alicyclic amines) is 1. The Bertz CT molecular complexity index is 954. The third kappa shape index (κ3) is 5.54. The molecule has 0 aliphatic carbocycles. The van der Waals surface area contributed by atoms with E-state index in [1.807, 2.05) is 22.5 Å². The number of para-hydroxylation sites is 1. The van der Waals surface area contributed by atoms with Gasteiger partial charge in [-0.2, -0.15) is 0 Å². The van der Waals surface area contributed by atoms with E-state index in [-0.39, 0.29) is 12.5 Å². The molecule has 30 heavy (non-hydrogen) atoms. The number of sulfonamides is 1. The van der Waals surface area contributed by atoms with Crippen LogP contribution in [0.3, 0.4) is 0 Å². The Hall–Kier alpha value is -2.07. The molecule has 1 amide bonds. The highest BCUT2D eigenvalue weighted by molar-refractivity contribution is 7.99. The molecule has 2 aromatic rings. The second kappa shape index (κ2) is 9.82. The molecule has 0 bridgehead atoms. The predicted octanol–water partition coefficient (Wildman–Crippen LogP) is 2.61. The first-order chi connectivity index (χ1) is 14.3. The molecule has 0 spiro atoms. The van der Waals surface area contributed by atoms with Gasteiger partial charge in [-0.15, -0.1) is 10.2 Å². The van der Waals surface area contributed by atoms with Gasteiger partial charge in [0.1, 0.15) is 0 Å². The maximum Gasteiger partial charge on any atom is 0.233 e. The van der Waals surface area contributed by atoms with Gasteiger partial charge in [-0.05, 0) is 37.8 Å². The number of nitrogens with zero attached hydrogens (tertiary/aromatic N) is 5. The highest BCUT2D eigenvalue weighted by Crippen LogP contribution is 2.23. The summed E-state index contributed by atoms with van der Waals surface area (Å²) in [7, 11) is -3.49. The van der Waals surface area contributed by atoms with E-state index in [1.54, 1.807) is 24.3 Å². The molecule has 1 fully saturated rings. The quantitative estimate of drug-likeness (QED) is 0.573. The number of amides is 1. The molecule has 0 N–H and O–H groups in total. The van der Waals surface area contributed by atoms with Crippen molar-refractivity contribution in [3.63, 3.8) is 0 Å². The third-order valence-corrected chi connectivity index (χ3v) is 7.39. The molecular formula is C20H29N5O3S2. The van der Waals surface area contributed by atoms with E-state index < -0.39 is 10.0 Å². The van der Waals surface area contributed by atoms with Crippen LogP contribution in [-0.2, 0) is 27.9 Å². The number of hydrogen-bond donors (Lipinski definition) is 0. The van der Waals surface area contributed by atoms with Gasteiger partial charge in [0.15, 0.2) is 11.0 Å². The van der Waals surface area contributed by atoms with Gasteiger partial charge in [0.2, 0.25) is 15.9 Å². The molecule has 164 valence electrons. The normalized spacial score (nSPS) is 15.4. The van der Waals surface area contributed by atoms with Crippen LogP contribution in [0.4, 0.5) is 5.69 Å². The summed E-state index contributed by atoms with van der Waals surface area (Å²) in [6.07, 6.45) is 3.28. The molecule has 8 nitrogen and oxygen atoms in total. The van der Waals surface area contributed by atoms with Gasteiger partial charge in [0.05, 0.1) is 24.2 Å². The van der Waals surface area contributed by atoms with Gasteiger partial charge in [-0.3, -0.25) is 9.10 Å². The van der Waals surface area contributed by atoms with Crippen molar-refractivity contribution >= 4 is 33.4 Å². The second-order valence-corrected chi connectivity index (χ2v) is 10.4. The molecule has 2 heterocycles. The molecule has 10 heteroatoms. The topological polar surface area (TPSA) is 88.4 Å². The first-order valence-electron chi connectivity index (χ1n) is 10.1. The second-order valence-electron chi connectivity index (χ2n) is 7.60. The summed E-state index contributed by atoms with van der Waals surface area (Å²) in [6, 6.07) is 8.94. The standard InChI is InChI=1S/C20H29N5O3S2/c1-4-24-18(14-25(30(3,27)28)17-8-6-5-7-9-17)21-22-20(24)29-15-19(26)23-12-10-16(2)11-13-23/h5-9,16H,4,10-15H2,1-3H3. The summed E-state index contributed by atoms with van der Waals surface area (Å²) >= 11 is 1.36. The van der Waals surface area contributed by atoms with Crippen LogP contribution in [0.5, 0.6) is 0 Å². The molecule has 0 saturated carbocycles. The van der Waals surface area contributed by atoms with Crippen molar-refractivity contribution in [1.82, 2.24) is 19.7 Å². The largest absolute Gasteiger partial charge is 0.342 e. The zero-order valence-electron chi connectivity index (χ0n) is 17.7. The maximum absolute atomic E-state index is 12.5. The van der Waals surface area contributed by atoms with Crippen LogP contribution >= 0.6 is 11.8 Å². The number of piperidine rings is 1. The van der Waals surface area contributed by atoms with E-state index in [2.05, 4.69) is 17.1 Å². The highest BCUT2D eigenvalue weighted by Gasteiger charge is 2.24. The van der Waals surface area contributed by atoms with Crippen molar-refractivity contribution in [2.24, 2.45) is 5.92 Å². The number of anilines is 1. The lowest BCUT2D eigenvalue weighted by atomic mass is 9.99. The van der Waals surface area contributed by atoms with Gasteiger partial charge in [0.25, 0.3) is 0 Å². The molecule has 1 aromatic carbocycles. The zero-order chi connectivity index (χ0) is 21.7. The van der Waals surface area contributed by atoms with Crippen LogP contribution in [0.1, 0.15) is 32.5 Å². The van der Waals surface area contributed by atoms with Gasteiger partial charge < -0.3 is 9.47 Å². The Balaban J connectivity index is 1.71. The first-order valence-corrected chi connectivity index (χ1v) is 13.0. The van der Waals surface area contributed by atoms with E-state index in [9.17, 15) is 13.2 Å². The van der Waals surface area contributed by atoms with E-state index in [4.69, 9.17) is 0 Å². The molecule has 0 radical (unpaired) electrons. The number of benzene rings is 1. The molecule has 3 rings (SSSR count). The van der Waals surface area contributed by atoms with Crippen LogP contribution in [-0.4, -0.2) is 59.1 Å². The van der Waals surface area contributed by atoms with Crippen molar-refractivity contribution in [3.05, 3.63) is 36.2 Å². The Morgan fingerprint density at radius 3 is 2.47 bits per heavy atom. The molecule has 1 saturated heterocycles. The zero-order valence-corrected chi connectivity index (χ0v) is 19.3. The lowest BCUT2D eigenvalue weighted by Gasteiger charge is -2.30. The Labute approximate surface area is 182 Å². The maximum atomic E-state index is 12.5. The number of hydrogen-bond acceptors (Lipinski definition) is 6. The lowest BCUT2D eigenvalue weighted by molar-refractivity contribution is -0.129. The summed E-state index contributed by atoms with van der Waals surface area (Å²) in [4.78, 5) is 14.5. The minimum atomic E-state index is -3.49. The van der Waals surface area contributed by atoms with E-state index >= 15 is 0 Å². The predicted molar refractivity (Wildman–Crippen MR) is 119 cm³/mol. The molecule has 1 aliphatic rings. The number of rotatable bonds is 8. The number of thioether (sulfide) groups is 1. The molecule has 0 unspecified atom stereocenters. The van der Waals surface area contributed by atoms with Crippen LogP contribution in [0, 0.1) is 5.92 Å². The number of aromatic nitrogens is 3. The van der Waals surface area contributed by atoms with Crippen LogP contribution < -0.4 is 4.31 Å². The van der Waals surface area contributed by atoms with Crippen LogP contribution in [0.2, 0.25) is 0 Å². The van der Waals surface area contributed by atoms with Crippen molar-refractivity contribution in [2.75, 3.05) is 29.4 Å². The first kappa shape index (κ1) is 22.6. The fourth-order valence-corrected chi connectivity index (χ4v) is 5.24. The summed E-state index contributed by atoms with van der Waals surface area (Å²) in [5.41, 5.74) is 0.578. The Morgan fingerprint density at radius 2 is 1.87 bits per heavy atom. The van der Waals surface area contributed by atoms with Gasteiger partial charge >= 0.3 is 0 Å². The van der Waals surface area contributed by atoms with E-state index in [0.29, 0.717) is 34.9 Å². The molecule has 1 aromatic heterocycles. The average Bonchev–Trinajstić information content (AvgIpc) is 3.12. The Kier molecular flexibility index (Phi) is 7.41. The smallest absolute Gasteiger partial charge is 0.233 e. The highest BCUT2D eigenvalue weighted by atomic mass is 32.2. The van der Waals surface area contributed by atoms with Crippen molar-refractivity contribution in [2.45, 2.75) is 44.9 Å².